The van der Waals surface area contributed by atoms with Crippen molar-refractivity contribution in [1.82, 2.24) is 19.9 Å². The van der Waals surface area contributed by atoms with Gasteiger partial charge in [0.25, 0.3) is 0 Å². The molecule has 5 rings (SSSR count). The molecule has 0 amide bonds. The molecule has 0 bridgehead atoms. The van der Waals surface area contributed by atoms with Crippen molar-refractivity contribution in [3.63, 3.8) is 0 Å². The van der Waals surface area contributed by atoms with Crippen LogP contribution in [0.5, 0.6) is 5.75 Å². The first-order valence-electron chi connectivity index (χ1n) is 15.1. The average Bonchev–Trinajstić information content (AvgIpc) is 3.43. The number of nitrogens with one attached hydrogen (secondary N) is 4. The molecule has 0 unspecified atom stereocenters. The van der Waals surface area contributed by atoms with E-state index in [0.29, 0.717) is 40.6 Å². The van der Waals surface area contributed by atoms with Crippen molar-refractivity contribution in [2.75, 3.05) is 24.7 Å². The number of aromatic nitrogens is 4. The van der Waals surface area contributed by atoms with Crippen molar-refractivity contribution >= 4 is 44.1 Å². The van der Waals surface area contributed by atoms with Gasteiger partial charge in [-0.3, -0.25) is 4.98 Å². The van der Waals surface area contributed by atoms with E-state index in [0.717, 1.165) is 24.3 Å². The third kappa shape index (κ3) is 6.62. The minimum Gasteiger partial charge on any atom is -0.489 e. The molecule has 0 aliphatic heterocycles. The third-order valence-electron chi connectivity index (χ3n) is 8.25. The van der Waals surface area contributed by atoms with Gasteiger partial charge < -0.3 is 20.3 Å². The van der Waals surface area contributed by atoms with Crippen molar-refractivity contribution in [2.24, 2.45) is 0 Å². The molecule has 0 saturated heterocycles. The number of fused-ring (bicyclic) bond motifs is 1. The predicted octanol–water partition coefficient (Wildman–Crippen LogP) is 6.12. The molecular formula is C32H44N7O3S+. The fraction of sp³-hybridized carbons (Fsp3) is 0.469. The average molecular weight is 607 g/mol. The maximum absolute atomic E-state index is 13.1. The Hall–Kier alpha value is -3.70. The Morgan fingerprint density at radius 2 is 1.72 bits per heavy atom. The third-order valence-corrected chi connectivity index (χ3v) is 10.5. The Morgan fingerprint density at radius 1 is 1.00 bits per heavy atom. The van der Waals surface area contributed by atoms with Crippen LogP contribution in [0.4, 0.5) is 23.1 Å². The van der Waals surface area contributed by atoms with E-state index in [1.165, 1.54) is 24.0 Å². The lowest BCUT2D eigenvalue weighted by atomic mass is 9.80. The van der Waals surface area contributed by atoms with Crippen molar-refractivity contribution < 1.29 is 18.1 Å². The van der Waals surface area contributed by atoms with Crippen LogP contribution in [0.25, 0.3) is 11.2 Å². The highest BCUT2D eigenvalue weighted by Crippen LogP contribution is 2.40. The highest BCUT2D eigenvalue weighted by Gasteiger charge is 2.27. The number of ether oxygens (including phenoxy) is 1. The molecule has 2 heterocycles. The smallest absolute Gasteiger partial charge is 0.307 e. The maximum Gasteiger partial charge on any atom is 0.307 e. The van der Waals surface area contributed by atoms with E-state index in [-0.39, 0.29) is 11.0 Å². The van der Waals surface area contributed by atoms with E-state index in [4.69, 9.17) is 14.7 Å². The van der Waals surface area contributed by atoms with Gasteiger partial charge >= 0.3 is 11.6 Å². The lowest BCUT2D eigenvalue weighted by Crippen LogP contribution is -2.31. The summed E-state index contributed by atoms with van der Waals surface area (Å²) in [6.07, 6.45) is 6.35. The Kier molecular flexibility index (Phi) is 8.94. The second kappa shape index (κ2) is 12.5. The summed E-state index contributed by atoms with van der Waals surface area (Å²) < 4.78 is 32.5. The lowest BCUT2D eigenvalue weighted by molar-refractivity contribution is -0.347. The summed E-state index contributed by atoms with van der Waals surface area (Å²) in [5.41, 5.74) is 4.96. The van der Waals surface area contributed by atoms with E-state index in [1.807, 2.05) is 13.8 Å². The number of para-hydroxylation sites is 1. The Labute approximate surface area is 254 Å². The molecule has 2 aromatic carbocycles. The zero-order valence-corrected chi connectivity index (χ0v) is 27.0. The second-order valence-corrected chi connectivity index (χ2v) is 14.7. The van der Waals surface area contributed by atoms with Crippen molar-refractivity contribution in [1.29, 1.82) is 0 Å². The fourth-order valence-corrected chi connectivity index (χ4v) is 7.04. The molecule has 11 heteroatoms. The number of benzene rings is 2. The summed E-state index contributed by atoms with van der Waals surface area (Å²) in [5, 5.41) is 6.09. The van der Waals surface area contributed by atoms with Crippen LogP contribution in [0.1, 0.15) is 70.4 Å². The molecule has 0 atom stereocenters. The van der Waals surface area contributed by atoms with E-state index >= 15 is 0 Å². The standard InChI is InChI=1S/C32H43N7O3S/c1-19(2)42-27-17-24(22-12-14-23(15-13-22)39(6)7)21(5)16-26(27)36-32-37-30-29(33-18-34-30)31(38-32)35-25-10-8-9-11-28(25)43(40,41)20(3)4/h8-11,16-20,22-23H,12-15H2,1-7H3,(H3,33,34,35,36,37,38)/p+1. The first-order chi connectivity index (χ1) is 20.4. The van der Waals surface area contributed by atoms with E-state index in [2.05, 4.69) is 58.7 Å². The number of imidazole rings is 1. The monoisotopic (exact) mass is 606 g/mol. The summed E-state index contributed by atoms with van der Waals surface area (Å²) in [4.78, 5) is 18.3. The Balaban J connectivity index is 1.49. The first-order valence-corrected chi connectivity index (χ1v) is 16.6. The zero-order valence-electron chi connectivity index (χ0n) is 26.2. The molecule has 230 valence electrons. The molecule has 1 aliphatic carbocycles. The van der Waals surface area contributed by atoms with Crippen molar-refractivity contribution in [3.8, 4) is 5.75 Å². The molecule has 0 spiro atoms. The van der Waals surface area contributed by atoms with Gasteiger partial charge in [-0.1, -0.05) is 17.1 Å². The van der Waals surface area contributed by atoms with Gasteiger partial charge in [0.15, 0.2) is 22.0 Å². The van der Waals surface area contributed by atoms with Gasteiger partial charge in [0.05, 0.1) is 27.6 Å². The number of anilines is 4. The van der Waals surface area contributed by atoms with E-state index < -0.39 is 15.1 Å². The SMILES string of the molecule is Cc1cc(Nc2nc(Nc3ccccc3S(=O)(=O)C(C)C)c3[nH]c[nH+]c3n2)c(OC(C)C)cc1C1CCC(N(C)C)CC1. The molecular weight excluding hydrogens is 562 g/mol. The molecule has 4 N–H and O–H groups in total. The molecule has 1 aliphatic rings. The first kappa shape index (κ1) is 30.7. The number of hydrogen-bond donors (Lipinski definition) is 3. The van der Waals surface area contributed by atoms with Gasteiger partial charge in [-0.15, -0.1) is 0 Å². The predicted molar refractivity (Wildman–Crippen MR) is 171 cm³/mol. The normalized spacial score (nSPS) is 17.6. The quantitative estimate of drug-likeness (QED) is 0.197. The van der Waals surface area contributed by atoms with Gasteiger partial charge in [0, 0.05) is 6.04 Å². The number of nitrogens with zero attached hydrogens (tertiary/aromatic N) is 3. The molecule has 4 aromatic rings. The van der Waals surface area contributed by atoms with Gasteiger partial charge in [0.1, 0.15) is 5.75 Å². The molecule has 0 radical (unpaired) electrons. The van der Waals surface area contributed by atoms with Crippen molar-refractivity contribution in [3.05, 3.63) is 53.9 Å². The van der Waals surface area contributed by atoms with Crippen LogP contribution in [0.15, 0.2) is 47.6 Å². The van der Waals surface area contributed by atoms with Crippen LogP contribution in [0.2, 0.25) is 0 Å². The van der Waals surface area contributed by atoms with Gasteiger partial charge in [-0.25, -0.2) is 13.4 Å². The summed E-state index contributed by atoms with van der Waals surface area (Å²) >= 11 is 0. The van der Waals surface area contributed by atoms with Crippen LogP contribution < -0.4 is 20.4 Å². The number of hydrogen-bond acceptors (Lipinski definition) is 8. The van der Waals surface area contributed by atoms with Gasteiger partial charge in [-0.05, 0) is 116 Å². The van der Waals surface area contributed by atoms with E-state index in [9.17, 15) is 8.42 Å². The molecule has 43 heavy (non-hydrogen) atoms. The number of aromatic amines is 2. The summed E-state index contributed by atoms with van der Waals surface area (Å²) in [6, 6.07) is 11.8. The van der Waals surface area contributed by atoms with Crippen LogP contribution >= 0.6 is 0 Å². The summed E-state index contributed by atoms with van der Waals surface area (Å²) in [6.45, 7) is 9.55. The minimum absolute atomic E-state index is 0.0152. The van der Waals surface area contributed by atoms with Crippen molar-refractivity contribution in [2.45, 2.75) is 88.5 Å². The number of rotatable bonds is 10. The van der Waals surface area contributed by atoms with Crippen LogP contribution in [0.3, 0.4) is 0 Å². The van der Waals surface area contributed by atoms with E-state index in [1.54, 1.807) is 44.4 Å². The maximum atomic E-state index is 13.1. The second-order valence-electron chi connectivity index (χ2n) is 12.2. The van der Waals surface area contributed by atoms with Crippen LogP contribution in [-0.4, -0.2) is 59.8 Å². The topological polar surface area (TPSA) is 126 Å². The van der Waals surface area contributed by atoms with Crippen LogP contribution in [-0.2, 0) is 9.84 Å². The van der Waals surface area contributed by atoms with Crippen LogP contribution in [0, 0.1) is 6.92 Å². The Bertz CT molecular complexity index is 1690. The summed E-state index contributed by atoms with van der Waals surface area (Å²) in [5.74, 6) is 2.05. The molecule has 2 aromatic heterocycles. The molecule has 10 nitrogen and oxygen atoms in total. The van der Waals surface area contributed by atoms with Gasteiger partial charge in [-0.2, -0.15) is 4.98 Å². The number of H-pyrrole nitrogens is 2. The highest BCUT2D eigenvalue weighted by atomic mass is 32.2. The summed E-state index contributed by atoms with van der Waals surface area (Å²) in [7, 11) is 0.812. The largest absolute Gasteiger partial charge is 0.489 e. The minimum atomic E-state index is -3.53. The number of aryl methyl sites for hydroxylation is 1. The number of sulfone groups is 1. The fourth-order valence-electron chi connectivity index (χ4n) is 5.84. The molecule has 1 fully saturated rings. The Morgan fingerprint density at radius 3 is 2.40 bits per heavy atom. The van der Waals surface area contributed by atoms with Gasteiger partial charge in [0.2, 0.25) is 5.52 Å². The highest BCUT2D eigenvalue weighted by molar-refractivity contribution is 7.92. The molecule has 1 saturated carbocycles. The lowest BCUT2D eigenvalue weighted by Gasteiger charge is -2.33. The zero-order chi connectivity index (χ0) is 30.9.